The second-order valence-electron chi connectivity index (χ2n) is 4.48. The molecular weight excluding hydrogens is 246 g/mol. The van der Waals surface area contributed by atoms with Gasteiger partial charge in [-0.25, -0.2) is 4.98 Å². The lowest BCUT2D eigenvalue weighted by Gasteiger charge is -2.25. The molecule has 0 spiro atoms. The molecule has 1 saturated heterocycles. The normalized spacial score (nSPS) is 17.4. The average molecular weight is 265 g/mol. The lowest BCUT2D eigenvalue weighted by molar-refractivity contribution is 0.180. The van der Waals surface area contributed by atoms with Crippen molar-refractivity contribution in [3.63, 3.8) is 0 Å². The topological polar surface area (TPSA) is 96.9 Å². The maximum atomic E-state index is 8.57. The van der Waals surface area contributed by atoms with Crippen molar-refractivity contribution >= 4 is 5.84 Å². The monoisotopic (exact) mass is 265 g/mol. The maximum absolute atomic E-state index is 8.57. The standard InChI is InChI=1S/C12H19N5O2/c13-12(16-18)10-8-14-9-11(15-10)19-7-6-17-4-2-1-3-5-17/h8-9,18H,1-7H2,(H2,13,16). The molecule has 0 bridgehead atoms. The third kappa shape index (κ3) is 4.06. The molecule has 0 saturated carbocycles. The van der Waals surface area contributed by atoms with Gasteiger partial charge in [0, 0.05) is 6.54 Å². The van der Waals surface area contributed by atoms with E-state index in [-0.39, 0.29) is 5.84 Å². The summed E-state index contributed by atoms with van der Waals surface area (Å²) in [7, 11) is 0. The molecule has 1 aliphatic heterocycles. The van der Waals surface area contributed by atoms with Gasteiger partial charge in [-0.3, -0.25) is 9.88 Å². The number of nitrogens with two attached hydrogens (primary N) is 1. The first-order chi connectivity index (χ1) is 9.29. The van der Waals surface area contributed by atoms with Gasteiger partial charge < -0.3 is 15.7 Å². The molecule has 2 rings (SSSR count). The molecular formula is C12H19N5O2. The van der Waals surface area contributed by atoms with Crippen molar-refractivity contribution in [2.24, 2.45) is 10.9 Å². The predicted molar refractivity (Wildman–Crippen MR) is 70.3 cm³/mol. The highest BCUT2D eigenvalue weighted by Crippen LogP contribution is 2.09. The van der Waals surface area contributed by atoms with Crippen molar-refractivity contribution in [1.29, 1.82) is 0 Å². The molecule has 7 nitrogen and oxygen atoms in total. The molecule has 1 fully saturated rings. The lowest BCUT2D eigenvalue weighted by atomic mass is 10.1. The summed E-state index contributed by atoms with van der Waals surface area (Å²) in [5.41, 5.74) is 5.75. The van der Waals surface area contributed by atoms with Gasteiger partial charge in [-0.15, -0.1) is 0 Å². The summed E-state index contributed by atoms with van der Waals surface area (Å²) in [6, 6.07) is 0. The van der Waals surface area contributed by atoms with Gasteiger partial charge in [-0.1, -0.05) is 11.6 Å². The minimum atomic E-state index is -0.0750. The number of hydrogen-bond acceptors (Lipinski definition) is 6. The zero-order valence-corrected chi connectivity index (χ0v) is 10.8. The smallest absolute Gasteiger partial charge is 0.233 e. The molecule has 104 valence electrons. The first-order valence-corrected chi connectivity index (χ1v) is 6.44. The Morgan fingerprint density at radius 3 is 2.89 bits per heavy atom. The molecule has 1 aromatic heterocycles. The number of likely N-dealkylation sites (tertiary alicyclic amines) is 1. The molecule has 0 aromatic carbocycles. The number of oxime groups is 1. The third-order valence-corrected chi connectivity index (χ3v) is 3.09. The Labute approximate surface area is 112 Å². The van der Waals surface area contributed by atoms with E-state index < -0.39 is 0 Å². The van der Waals surface area contributed by atoms with Crippen LogP contribution in [0.15, 0.2) is 17.5 Å². The van der Waals surface area contributed by atoms with Crippen LogP contribution in [0.25, 0.3) is 0 Å². The third-order valence-electron chi connectivity index (χ3n) is 3.09. The summed E-state index contributed by atoms with van der Waals surface area (Å²) in [5.74, 6) is 0.315. The number of hydrogen-bond donors (Lipinski definition) is 2. The second-order valence-corrected chi connectivity index (χ2v) is 4.48. The van der Waals surface area contributed by atoms with Gasteiger partial charge in [0.1, 0.15) is 12.3 Å². The average Bonchev–Trinajstić information content (AvgIpc) is 2.48. The van der Waals surface area contributed by atoms with Crippen molar-refractivity contribution in [3.05, 3.63) is 18.1 Å². The Balaban J connectivity index is 1.82. The summed E-state index contributed by atoms with van der Waals surface area (Å²) in [6.45, 7) is 3.72. The molecule has 1 aromatic rings. The van der Waals surface area contributed by atoms with Crippen molar-refractivity contribution in [1.82, 2.24) is 14.9 Å². The van der Waals surface area contributed by atoms with Gasteiger partial charge in [0.2, 0.25) is 5.88 Å². The Hall–Kier alpha value is -1.89. The number of rotatable bonds is 5. The van der Waals surface area contributed by atoms with Crippen LogP contribution in [0, 0.1) is 0 Å². The van der Waals surface area contributed by atoms with Crippen molar-refractivity contribution < 1.29 is 9.94 Å². The quantitative estimate of drug-likeness (QED) is 0.347. The fourth-order valence-electron chi connectivity index (χ4n) is 2.05. The van der Waals surface area contributed by atoms with Crippen LogP contribution in [0.4, 0.5) is 0 Å². The molecule has 0 unspecified atom stereocenters. The van der Waals surface area contributed by atoms with Crippen LogP contribution < -0.4 is 10.5 Å². The molecule has 3 N–H and O–H groups in total. The first-order valence-electron chi connectivity index (χ1n) is 6.44. The summed E-state index contributed by atoms with van der Waals surface area (Å²) >= 11 is 0. The zero-order valence-electron chi connectivity index (χ0n) is 10.8. The van der Waals surface area contributed by atoms with E-state index in [1.165, 1.54) is 31.7 Å². The van der Waals surface area contributed by atoms with Gasteiger partial charge in [0.15, 0.2) is 5.84 Å². The van der Waals surface area contributed by atoms with Crippen molar-refractivity contribution in [2.45, 2.75) is 19.3 Å². The van der Waals surface area contributed by atoms with E-state index in [9.17, 15) is 0 Å². The van der Waals surface area contributed by atoms with Crippen LogP contribution >= 0.6 is 0 Å². The minimum absolute atomic E-state index is 0.0750. The lowest BCUT2D eigenvalue weighted by Crippen LogP contribution is -2.33. The maximum Gasteiger partial charge on any atom is 0.233 e. The highest BCUT2D eigenvalue weighted by molar-refractivity contribution is 5.94. The van der Waals surface area contributed by atoms with Crippen LogP contribution in [0.3, 0.4) is 0 Å². The molecule has 0 amide bonds. The first kappa shape index (κ1) is 13.5. The van der Waals surface area contributed by atoms with Crippen molar-refractivity contribution in [2.75, 3.05) is 26.2 Å². The SMILES string of the molecule is N/C(=N\O)c1cncc(OCCN2CCCCC2)n1. The molecule has 0 radical (unpaired) electrons. The predicted octanol–water partition coefficient (Wildman–Crippen LogP) is 0.436. The molecule has 19 heavy (non-hydrogen) atoms. The Bertz CT molecular complexity index is 432. The molecule has 0 atom stereocenters. The van der Waals surface area contributed by atoms with E-state index in [1.54, 1.807) is 0 Å². The highest BCUT2D eigenvalue weighted by Gasteiger charge is 2.10. The van der Waals surface area contributed by atoms with E-state index in [1.807, 2.05) is 0 Å². The second kappa shape index (κ2) is 6.89. The van der Waals surface area contributed by atoms with Crippen LogP contribution in [-0.2, 0) is 0 Å². The van der Waals surface area contributed by atoms with Gasteiger partial charge in [0.25, 0.3) is 0 Å². The van der Waals surface area contributed by atoms with E-state index in [4.69, 9.17) is 15.7 Å². The van der Waals surface area contributed by atoms with Crippen LogP contribution in [0.5, 0.6) is 5.88 Å². The molecule has 1 aliphatic rings. The summed E-state index contributed by atoms with van der Waals surface area (Å²) in [4.78, 5) is 10.4. The molecule has 7 heteroatoms. The zero-order chi connectivity index (χ0) is 13.5. The van der Waals surface area contributed by atoms with E-state index in [0.717, 1.165) is 19.6 Å². The van der Waals surface area contributed by atoms with E-state index in [0.29, 0.717) is 18.2 Å². The van der Waals surface area contributed by atoms with Crippen LogP contribution in [0.2, 0.25) is 0 Å². The number of aromatic nitrogens is 2. The fraction of sp³-hybridized carbons (Fsp3) is 0.583. The number of amidine groups is 1. The largest absolute Gasteiger partial charge is 0.475 e. The van der Waals surface area contributed by atoms with Crippen molar-refractivity contribution in [3.8, 4) is 5.88 Å². The van der Waals surface area contributed by atoms with Gasteiger partial charge in [-0.2, -0.15) is 0 Å². The Morgan fingerprint density at radius 1 is 1.37 bits per heavy atom. The van der Waals surface area contributed by atoms with Crippen LogP contribution in [-0.4, -0.2) is 52.2 Å². The van der Waals surface area contributed by atoms with E-state index in [2.05, 4.69) is 20.0 Å². The Kier molecular flexibility index (Phi) is 4.91. The number of piperidine rings is 1. The van der Waals surface area contributed by atoms with Gasteiger partial charge in [0.05, 0.1) is 12.4 Å². The minimum Gasteiger partial charge on any atom is -0.475 e. The molecule has 0 aliphatic carbocycles. The van der Waals surface area contributed by atoms with E-state index >= 15 is 0 Å². The highest BCUT2D eigenvalue weighted by atomic mass is 16.5. The fourth-order valence-corrected chi connectivity index (χ4v) is 2.05. The molecule has 2 heterocycles. The summed E-state index contributed by atoms with van der Waals surface area (Å²) in [5, 5.41) is 11.5. The van der Waals surface area contributed by atoms with Gasteiger partial charge >= 0.3 is 0 Å². The summed E-state index contributed by atoms with van der Waals surface area (Å²) in [6.07, 6.45) is 6.79. The summed E-state index contributed by atoms with van der Waals surface area (Å²) < 4.78 is 5.54. The Morgan fingerprint density at radius 2 is 2.16 bits per heavy atom. The van der Waals surface area contributed by atoms with Crippen LogP contribution in [0.1, 0.15) is 25.0 Å². The number of ether oxygens (including phenoxy) is 1. The van der Waals surface area contributed by atoms with Gasteiger partial charge in [-0.05, 0) is 25.9 Å². The number of nitrogens with zero attached hydrogens (tertiary/aromatic N) is 4.